The average Bonchev–Trinajstić information content (AvgIpc) is 2.87. The zero-order valence-corrected chi connectivity index (χ0v) is 17.1. The summed E-state index contributed by atoms with van der Waals surface area (Å²) < 4.78 is 14.6. The Bertz CT molecular complexity index is 1180. The van der Waals surface area contributed by atoms with Gasteiger partial charge >= 0.3 is 6.03 Å². The molecule has 2 N–H and O–H groups in total. The van der Waals surface area contributed by atoms with E-state index in [1.54, 1.807) is 55.6 Å². The third-order valence-corrected chi connectivity index (χ3v) is 4.95. The van der Waals surface area contributed by atoms with Gasteiger partial charge in [0.25, 0.3) is 5.91 Å². The molecule has 156 valence electrons. The molecule has 4 rings (SSSR count). The van der Waals surface area contributed by atoms with Crippen LogP contribution in [0.3, 0.4) is 0 Å². The fourth-order valence-corrected chi connectivity index (χ4v) is 3.34. The Hall–Kier alpha value is -3.78. The fraction of sp³-hybridized carbons (Fsp3) is 0.0909. The van der Waals surface area contributed by atoms with Crippen LogP contribution in [0, 0.1) is 5.82 Å². The van der Waals surface area contributed by atoms with E-state index in [1.807, 2.05) is 0 Å². The molecule has 1 aromatic heterocycles. The summed E-state index contributed by atoms with van der Waals surface area (Å²) in [5.41, 5.74) is 2.02. The van der Waals surface area contributed by atoms with Crippen LogP contribution in [0.2, 0.25) is 5.15 Å². The highest BCUT2D eigenvalue weighted by Gasteiger charge is 2.31. The Labute approximate surface area is 182 Å². The number of halogens is 2. The van der Waals surface area contributed by atoms with Gasteiger partial charge in [0.2, 0.25) is 6.17 Å². The lowest BCUT2D eigenvalue weighted by molar-refractivity contribution is -0.119. The first-order chi connectivity index (χ1) is 14.9. The number of hydrogen-bond acceptors (Lipinski definition) is 4. The number of hydrogen-bond donors (Lipinski definition) is 2. The minimum atomic E-state index is -1.27. The normalized spacial score (nSPS) is 15.6. The van der Waals surface area contributed by atoms with E-state index in [0.717, 1.165) is 0 Å². The van der Waals surface area contributed by atoms with Gasteiger partial charge in [-0.25, -0.2) is 19.2 Å². The minimum Gasteiger partial charge on any atom is -0.311 e. The van der Waals surface area contributed by atoms with Crippen LogP contribution in [0.5, 0.6) is 0 Å². The average molecular weight is 438 g/mol. The van der Waals surface area contributed by atoms with Crippen molar-refractivity contribution in [1.29, 1.82) is 0 Å². The maximum atomic E-state index is 14.6. The molecule has 2 heterocycles. The molecule has 0 aliphatic carbocycles. The van der Waals surface area contributed by atoms with E-state index in [1.165, 1.54) is 23.2 Å². The molecule has 9 heteroatoms. The number of aromatic nitrogens is 1. The van der Waals surface area contributed by atoms with Gasteiger partial charge in [0.05, 0.1) is 23.3 Å². The first-order valence-electron chi connectivity index (χ1n) is 9.33. The Morgan fingerprint density at radius 3 is 2.48 bits per heavy atom. The van der Waals surface area contributed by atoms with E-state index >= 15 is 0 Å². The lowest BCUT2D eigenvalue weighted by Gasteiger charge is -2.21. The molecule has 0 fully saturated rings. The molecule has 3 aromatic rings. The van der Waals surface area contributed by atoms with Gasteiger partial charge in [-0.3, -0.25) is 4.79 Å². The van der Waals surface area contributed by atoms with Gasteiger partial charge in [-0.2, -0.15) is 0 Å². The number of benzodiazepines with no additional fused rings is 1. The van der Waals surface area contributed by atoms with Gasteiger partial charge in [0.15, 0.2) is 0 Å². The van der Waals surface area contributed by atoms with Crippen LogP contribution in [-0.4, -0.2) is 35.8 Å². The monoisotopic (exact) mass is 437 g/mol. The van der Waals surface area contributed by atoms with Crippen molar-refractivity contribution in [2.45, 2.75) is 6.17 Å². The molecule has 7 nitrogen and oxygen atoms in total. The van der Waals surface area contributed by atoms with Crippen LogP contribution in [-0.2, 0) is 4.79 Å². The second kappa shape index (κ2) is 8.53. The highest BCUT2D eigenvalue weighted by atomic mass is 35.5. The number of para-hydroxylation sites is 1. The summed E-state index contributed by atoms with van der Waals surface area (Å²) in [6, 6.07) is 15.6. The van der Waals surface area contributed by atoms with Crippen molar-refractivity contribution in [3.63, 3.8) is 0 Å². The Balaban J connectivity index is 1.71. The largest absolute Gasteiger partial charge is 0.321 e. The number of nitrogens with one attached hydrogen (secondary N) is 2. The lowest BCUT2D eigenvalue weighted by Crippen LogP contribution is -2.47. The molecular weight excluding hydrogens is 421 g/mol. The molecule has 1 atom stereocenters. The van der Waals surface area contributed by atoms with Crippen LogP contribution in [0.15, 0.2) is 71.9 Å². The molecule has 0 bridgehead atoms. The van der Waals surface area contributed by atoms with Crippen molar-refractivity contribution < 1.29 is 14.0 Å². The van der Waals surface area contributed by atoms with Gasteiger partial charge < -0.3 is 15.5 Å². The topological polar surface area (TPSA) is 86.7 Å². The van der Waals surface area contributed by atoms with Crippen LogP contribution >= 0.6 is 11.6 Å². The van der Waals surface area contributed by atoms with E-state index in [0.29, 0.717) is 16.9 Å². The first-order valence-corrected chi connectivity index (χ1v) is 9.70. The molecule has 1 aliphatic rings. The van der Waals surface area contributed by atoms with Crippen LogP contribution < -0.4 is 15.5 Å². The standard InChI is InChI=1S/C22H17ClFN5O2/c1-29-17-9-5-3-7-15(17)19(14-6-2-4-8-16(14)24)27-20(21(29)30)28-22(31)26-13-10-11-18(23)25-12-13/h2-12,20H,1H3,(H2,26,28,31). The number of amides is 3. The molecular formula is C22H17ClFN5O2. The molecule has 1 unspecified atom stereocenters. The fourth-order valence-electron chi connectivity index (χ4n) is 3.23. The van der Waals surface area contributed by atoms with Gasteiger partial charge in [-0.1, -0.05) is 41.9 Å². The summed E-state index contributed by atoms with van der Waals surface area (Å²) in [6.45, 7) is 0. The van der Waals surface area contributed by atoms with Gasteiger partial charge in [0, 0.05) is 18.2 Å². The number of aliphatic imine (C=N–C) groups is 1. The molecule has 0 spiro atoms. The molecule has 0 saturated carbocycles. The summed E-state index contributed by atoms with van der Waals surface area (Å²) in [5, 5.41) is 5.40. The molecule has 0 saturated heterocycles. The predicted molar refractivity (Wildman–Crippen MR) is 117 cm³/mol. The second-order valence-electron chi connectivity index (χ2n) is 6.74. The smallest absolute Gasteiger partial charge is 0.311 e. The van der Waals surface area contributed by atoms with E-state index < -0.39 is 23.9 Å². The number of nitrogens with zero attached hydrogens (tertiary/aromatic N) is 3. The van der Waals surface area contributed by atoms with E-state index in [-0.39, 0.29) is 16.4 Å². The number of carbonyl (C=O) groups excluding carboxylic acids is 2. The maximum absolute atomic E-state index is 14.6. The molecule has 3 amide bonds. The van der Waals surface area contributed by atoms with Gasteiger partial charge in [0.1, 0.15) is 11.0 Å². The number of carbonyl (C=O) groups is 2. The number of likely N-dealkylation sites (N-methyl/N-ethyl adjacent to an activating group) is 1. The minimum absolute atomic E-state index is 0.229. The number of fused-ring (bicyclic) bond motifs is 1. The van der Waals surface area contributed by atoms with Crippen LogP contribution in [0.1, 0.15) is 11.1 Å². The highest BCUT2D eigenvalue weighted by Crippen LogP contribution is 2.28. The number of anilines is 2. The van der Waals surface area contributed by atoms with Crippen molar-refractivity contribution in [1.82, 2.24) is 10.3 Å². The zero-order valence-electron chi connectivity index (χ0n) is 16.3. The second-order valence-corrected chi connectivity index (χ2v) is 7.13. The number of rotatable bonds is 3. The SMILES string of the molecule is CN1C(=O)C(NC(=O)Nc2ccc(Cl)nc2)N=C(c2ccccc2F)c2ccccc21. The summed E-state index contributed by atoms with van der Waals surface area (Å²) in [5.74, 6) is -0.952. The van der Waals surface area contributed by atoms with E-state index in [2.05, 4.69) is 20.6 Å². The Morgan fingerprint density at radius 1 is 1.06 bits per heavy atom. The van der Waals surface area contributed by atoms with Crippen LogP contribution in [0.25, 0.3) is 0 Å². The third-order valence-electron chi connectivity index (χ3n) is 4.73. The third kappa shape index (κ3) is 4.24. The number of benzene rings is 2. The quantitative estimate of drug-likeness (QED) is 0.610. The van der Waals surface area contributed by atoms with Crippen molar-refractivity contribution in [2.75, 3.05) is 17.3 Å². The van der Waals surface area contributed by atoms with Crippen LogP contribution in [0.4, 0.5) is 20.6 Å². The molecule has 0 radical (unpaired) electrons. The highest BCUT2D eigenvalue weighted by molar-refractivity contribution is 6.29. The first kappa shape index (κ1) is 20.5. The van der Waals surface area contributed by atoms with Gasteiger partial charge in [-0.15, -0.1) is 0 Å². The zero-order chi connectivity index (χ0) is 22.0. The van der Waals surface area contributed by atoms with Crippen molar-refractivity contribution in [2.24, 2.45) is 4.99 Å². The Morgan fingerprint density at radius 2 is 1.77 bits per heavy atom. The molecule has 2 aromatic carbocycles. The maximum Gasteiger partial charge on any atom is 0.321 e. The number of urea groups is 1. The van der Waals surface area contributed by atoms with E-state index in [9.17, 15) is 14.0 Å². The van der Waals surface area contributed by atoms with Crippen molar-refractivity contribution >= 4 is 40.6 Å². The summed E-state index contributed by atoms with van der Waals surface area (Å²) >= 11 is 5.75. The predicted octanol–water partition coefficient (Wildman–Crippen LogP) is 3.84. The number of pyridine rings is 1. The summed E-state index contributed by atoms with van der Waals surface area (Å²) in [4.78, 5) is 35.3. The Kier molecular flexibility index (Phi) is 5.64. The van der Waals surface area contributed by atoms with Crippen molar-refractivity contribution in [3.8, 4) is 0 Å². The summed E-state index contributed by atoms with van der Waals surface area (Å²) in [7, 11) is 1.58. The molecule has 31 heavy (non-hydrogen) atoms. The van der Waals surface area contributed by atoms with Crippen molar-refractivity contribution in [3.05, 3.63) is 89.0 Å². The summed E-state index contributed by atoms with van der Waals surface area (Å²) in [6.07, 6.45) is 0.111. The van der Waals surface area contributed by atoms with Gasteiger partial charge in [-0.05, 0) is 30.3 Å². The van der Waals surface area contributed by atoms with E-state index in [4.69, 9.17) is 11.6 Å². The molecule has 1 aliphatic heterocycles. The lowest BCUT2D eigenvalue weighted by atomic mass is 10.00.